The van der Waals surface area contributed by atoms with Crippen LogP contribution in [0.5, 0.6) is 23.0 Å². The van der Waals surface area contributed by atoms with Gasteiger partial charge < -0.3 is 23.4 Å². The molecule has 0 bridgehead atoms. The molecule has 0 aliphatic carbocycles. The van der Waals surface area contributed by atoms with E-state index in [0.717, 1.165) is 12.1 Å². The maximum atomic E-state index is 12.6. The molecule has 4 rings (SSSR count). The topological polar surface area (TPSA) is 67.1 Å². The lowest BCUT2D eigenvalue weighted by atomic mass is 10.1. The fourth-order valence-electron chi connectivity index (χ4n) is 2.78. The van der Waals surface area contributed by atoms with Gasteiger partial charge in [-0.25, -0.2) is 0 Å². The average Bonchev–Trinajstić information content (AvgIpc) is 3.09. The minimum Gasteiger partial charge on any atom is -0.493 e. The number of benzene rings is 2. The zero-order valence-electron chi connectivity index (χ0n) is 13.8. The quantitative estimate of drug-likeness (QED) is 0.682. The first-order valence-electron chi connectivity index (χ1n) is 7.66. The van der Waals surface area contributed by atoms with E-state index in [0.29, 0.717) is 17.1 Å². The monoisotopic (exact) mass is 380 g/mol. The molecule has 0 amide bonds. The summed E-state index contributed by atoms with van der Waals surface area (Å²) in [7, 11) is 1.43. The second-order valence-electron chi connectivity index (χ2n) is 5.56. The van der Waals surface area contributed by atoms with Gasteiger partial charge in [-0.15, -0.1) is 13.2 Å². The van der Waals surface area contributed by atoms with Crippen LogP contribution in [0.2, 0.25) is 0 Å². The number of hydrogen-bond acceptors (Lipinski definition) is 6. The molecule has 0 fully saturated rings. The average molecular weight is 380 g/mol. The standard InChI is InChI=1S/C18H11F3O6/c1-23-14-7-13-15(17-16(14)24-8-25-17)11(22)6-12(26-13)9-2-4-10(5-3-9)27-18(19,20)21/h2-7H,8H2,1H3. The second-order valence-corrected chi connectivity index (χ2v) is 5.56. The SMILES string of the molecule is COc1cc2oc(-c3ccc(OC(F)(F)F)cc3)cc(=O)c2c2c1OCO2. The third kappa shape index (κ3) is 3.12. The van der Waals surface area contributed by atoms with Gasteiger partial charge >= 0.3 is 6.36 Å². The Balaban J connectivity index is 1.80. The molecule has 1 aliphatic rings. The molecule has 0 saturated carbocycles. The molecule has 2 aromatic carbocycles. The van der Waals surface area contributed by atoms with Crippen LogP contribution >= 0.6 is 0 Å². The van der Waals surface area contributed by atoms with Gasteiger partial charge in [0.25, 0.3) is 0 Å². The first-order valence-corrected chi connectivity index (χ1v) is 7.66. The van der Waals surface area contributed by atoms with Crippen molar-refractivity contribution in [3.05, 3.63) is 46.6 Å². The Morgan fingerprint density at radius 1 is 1.04 bits per heavy atom. The fraction of sp³-hybridized carbons (Fsp3) is 0.167. The number of alkyl halides is 3. The highest BCUT2D eigenvalue weighted by Crippen LogP contribution is 2.45. The van der Waals surface area contributed by atoms with Crippen LogP contribution in [0.1, 0.15) is 0 Å². The van der Waals surface area contributed by atoms with Crippen molar-refractivity contribution in [3.63, 3.8) is 0 Å². The number of rotatable bonds is 3. The van der Waals surface area contributed by atoms with Crippen molar-refractivity contribution in [3.8, 4) is 34.3 Å². The Labute approximate surface area is 149 Å². The van der Waals surface area contributed by atoms with Crippen LogP contribution in [0.15, 0.2) is 45.6 Å². The van der Waals surface area contributed by atoms with Crippen LogP contribution in [-0.2, 0) is 0 Å². The van der Waals surface area contributed by atoms with E-state index in [9.17, 15) is 18.0 Å². The van der Waals surface area contributed by atoms with Crippen molar-refractivity contribution in [2.75, 3.05) is 13.9 Å². The summed E-state index contributed by atoms with van der Waals surface area (Å²) < 4.78 is 62.3. The molecule has 0 atom stereocenters. The maximum absolute atomic E-state index is 12.6. The normalized spacial score (nSPS) is 13.0. The van der Waals surface area contributed by atoms with Crippen LogP contribution in [-0.4, -0.2) is 20.3 Å². The number of fused-ring (bicyclic) bond motifs is 3. The van der Waals surface area contributed by atoms with E-state index in [4.69, 9.17) is 18.6 Å². The summed E-state index contributed by atoms with van der Waals surface area (Å²) in [6.45, 7) is -0.0489. The van der Waals surface area contributed by atoms with Gasteiger partial charge in [-0.2, -0.15) is 0 Å². The van der Waals surface area contributed by atoms with E-state index in [1.165, 1.54) is 31.4 Å². The van der Waals surface area contributed by atoms with Gasteiger partial charge in [0.15, 0.2) is 16.9 Å². The highest BCUT2D eigenvalue weighted by molar-refractivity contribution is 5.90. The lowest BCUT2D eigenvalue weighted by Crippen LogP contribution is -2.16. The van der Waals surface area contributed by atoms with Crippen molar-refractivity contribution in [1.82, 2.24) is 0 Å². The molecule has 9 heteroatoms. The third-order valence-electron chi connectivity index (χ3n) is 3.89. The Hall–Kier alpha value is -3.36. The molecule has 1 aliphatic heterocycles. The van der Waals surface area contributed by atoms with Crippen LogP contribution in [0.25, 0.3) is 22.3 Å². The van der Waals surface area contributed by atoms with E-state index in [-0.39, 0.29) is 40.5 Å². The Morgan fingerprint density at radius 3 is 2.41 bits per heavy atom. The minimum atomic E-state index is -4.78. The number of hydrogen-bond donors (Lipinski definition) is 0. The molecule has 0 spiro atoms. The minimum absolute atomic E-state index is 0.0489. The number of halogens is 3. The van der Waals surface area contributed by atoms with Crippen LogP contribution < -0.4 is 24.4 Å². The van der Waals surface area contributed by atoms with Crippen LogP contribution in [0.4, 0.5) is 13.2 Å². The molecular weight excluding hydrogens is 369 g/mol. The molecule has 3 aromatic rings. The highest BCUT2D eigenvalue weighted by Gasteiger charge is 2.31. The number of methoxy groups -OCH3 is 1. The summed E-state index contributed by atoms with van der Waals surface area (Å²) in [5, 5.41) is 0.198. The third-order valence-corrected chi connectivity index (χ3v) is 3.89. The van der Waals surface area contributed by atoms with Crippen molar-refractivity contribution in [1.29, 1.82) is 0 Å². The summed E-state index contributed by atoms with van der Waals surface area (Å²) in [5.41, 5.74) is 0.223. The smallest absolute Gasteiger partial charge is 0.493 e. The molecule has 0 unspecified atom stereocenters. The van der Waals surface area contributed by atoms with Gasteiger partial charge in [-0.1, -0.05) is 0 Å². The van der Waals surface area contributed by atoms with E-state index in [2.05, 4.69) is 4.74 Å². The molecular formula is C18H11F3O6. The molecule has 2 heterocycles. The predicted molar refractivity (Wildman–Crippen MR) is 87.3 cm³/mol. The van der Waals surface area contributed by atoms with Gasteiger partial charge in [0, 0.05) is 17.7 Å². The van der Waals surface area contributed by atoms with Gasteiger partial charge in [0.2, 0.25) is 12.5 Å². The lowest BCUT2D eigenvalue weighted by molar-refractivity contribution is -0.274. The summed E-state index contributed by atoms with van der Waals surface area (Å²) in [5.74, 6) is 0.688. The molecule has 6 nitrogen and oxygen atoms in total. The van der Waals surface area contributed by atoms with Gasteiger partial charge in [0.1, 0.15) is 22.5 Å². The summed E-state index contributed by atoms with van der Waals surface area (Å²) in [6, 6.07) is 7.70. The van der Waals surface area contributed by atoms with E-state index in [1.54, 1.807) is 0 Å². The van der Waals surface area contributed by atoms with Crippen molar-refractivity contribution in [2.24, 2.45) is 0 Å². The van der Waals surface area contributed by atoms with E-state index in [1.807, 2.05) is 0 Å². The molecule has 27 heavy (non-hydrogen) atoms. The Kier molecular flexibility index (Phi) is 3.87. The zero-order valence-corrected chi connectivity index (χ0v) is 13.8. The first-order chi connectivity index (χ1) is 12.9. The van der Waals surface area contributed by atoms with Crippen LogP contribution in [0, 0.1) is 0 Å². The van der Waals surface area contributed by atoms with Crippen molar-refractivity contribution >= 4 is 11.0 Å². The number of ether oxygens (including phenoxy) is 4. The van der Waals surface area contributed by atoms with Crippen LogP contribution in [0.3, 0.4) is 0 Å². The second kappa shape index (κ2) is 6.11. The molecule has 0 N–H and O–H groups in total. The maximum Gasteiger partial charge on any atom is 0.573 e. The first kappa shape index (κ1) is 17.1. The summed E-state index contributed by atoms with van der Waals surface area (Å²) in [4.78, 5) is 12.6. The largest absolute Gasteiger partial charge is 0.573 e. The zero-order chi connectivity index (χ0) is 19.2. The fourth-order valence-corrected chi connectivity index (χ4v) is 2.78. The molecule has 0 radical (unpaired) electrons. The van der Waals surface area contributed by atoms with Crippen molar-refractivity contribution < 1.29 is 36.5 Å². The molecule has 1 aromatic heterocycles. The Morgan fingerprint density at radius 2 is 1.74 bits per heavy atom. The summed E-state index contributed by atoms with van der Waals surface area (Å²) >= 11 is 0. The van der Waals surface area contributed by atoms with E-state index >= 15 is 0 Å². The highest BCUT2D eigenvalue weighted by atomic mass is 19.4. The van der Waals surface area contributed by atoms with Crippen molar-refractivity contribution in [2.45, 2.75) is 6.36 Å². The predicted octanol–water partition coefficient (Wildman–Crippen LogP) is 4.10. The lowest BCUT2D eigenvalue weighted by Gasteiger charge is -2.10. The summed E-state index contributed by atoms with van der Waals surface area (Å²) in [6.07, 6.45) is -4.78. The van der Waals surface area contributed by atoms with Gasteiger partial charge in [-0.3, -0.25) is 4.79 Å². The van der Waals surface area contributed by atoms with Gasteiger partial charge in [0.05, 0.1) is 7.11 Å². The van der Waals surface area contributed by atoms with E-state index < -0.39 is 6.36 Å². The molecule has 140 valence electrons. The Bertz CT molecular complexity index is 1070. The molecule has 0 saturated heterocycles. The van der Waals surface area contributed by atoms with Gasteiger partial charge in [-0.05, 0) is 24.3 Å².